The van der Waals surface area contributed by atoms with Crippen LogP contribution in [0.4, 0.5) is 10.5 Å². The van der Waals surface area contributed by atoms with E-state index in [1.54, 1.807) is 17.1 Å². The highest BCUT2D eigenvalue weighted by molar-refractivity contribution is 6.30. The summed E-state index contributed by atoms with van der Waals surface area (Å²) in [7, 11) is 0. The van der Waals surface area contributed by atoms with Gasteiger partial charge in [-0.3, -0.25) is 19.4 Å². The van der Waals surface area contributed by atoms with E-state index in [9.17, 15) is 34.5 Å². The van der Waals surface area contributed by atoms with Crippen LogP contribution in [0.2, 0.25) is 5.02 Å². The Bertz CT molecular complexity index is 2440. The molecule has 8 atom stereocenters. The van der Waals surface area contributed by atoms with Gasteiger partial charge in [0, 0.05) is 59.2 Å². The number of carbonyl (C=O) groups excluding carboxylic acids is 4. The molecule has 1 aromatic heterocycles. The number of aliphatic hydroxyl groups excluding tert-OH is 2. The van der Waals surface area contributed by atoms with Gasteiger partial charge in [0.2, 0.25) is 5.91 Å². The van der Waals surface area contributed by atoms with E-state index in [4.69, 9.17) is 26.1 Å². The van der Waals surface area contributed by atoms with Crippen molar-refractivity contribution in [3.8, 4) is 5.75 Å². The third-order valence-electron chi connectivity index (χ3n) is 15.4. The Morgan fingerprint density at radius 3 is 2.37 bits per heavy atom. The van der Waals surface area contributed by atoms with E-state index >= 15 is 0 Å². The van der Waals surface area contributed by atoms with Crippen LogP contribution in [0.15, 0.2) is 90.2 Å². The van der Waals surface area contributed by atoms with Gasteiger partial charge in [-0.15, -0.1) is 0 Å². The summed E-state index contributed by atoms with van der Waals surface area (Å²) in [5, 5.41) is 35.3. The van der Waals surface area contributed by atoms with Crippen molar-refractivity contribution >= 4 is 46.4 Å². The van der Waals surface area contributed by atoms with Crippen LogP contribution in [0.5, 0.6) is 5.75 Å². The van der Waals surface area contributed by atoms with Gasteiger partial charge in [0.25, 0.3) is 0 Å². The fraction of sp³-hybridized carbons (Fsp3) is 0.500. The van der Waals surface area contributed by atoms with E-state index in [1.807, 2.05) is 69.4 Å². The monoisotopic (exact) mass is 935 g/mol. The number of anilines is 1. The van der Waals surface area contributed by atoms with Crippen LogP contribution >= 0.6 is 11.6 Å². The predicted molar refractivity (Wildman–Crippen MR) is 258 cm³/mol. The summed E-state index contributed by atoms with van der Waals surface area (Å²) in [4.78, 5) is 53.6. The number of nitrogens with one attached hydrogen (secondary N) is 1. The minimum absolute atomic E-state index is 0.00620. The van der Waals surface area contributed by atoms with Gasteiger partial charge in [-0.2, -0.15) is 0 Å². The molecule has 0 spiro atoms. The Morgan fingerprint density at radius 2 is 1.70 bits per heavy atom. The maximum atomic E-state index is 12.4. The summed E-state index contributed by atoms with van der Waals surface area (Å²) >= 11 is 6.27. The zero-order valence-electron chi connectivity index (χ0n) is 39.6. The van der Waals surface area contributed by atoms with Gasteiger partial charge < -0.3 is 35.0 Å². The Morgan fingerprint density at radius 1 is 0.985 bits per heavy atom. The van der Waals surface area contributed by atoms with Crippen molar-refractivity contribution in [1.29, 1.82) is 0 Å². The maximum absolute atomic E-state index is 12.4. The number of carbonyl (C=O) groups is 4. The second kappa shape index (κ2) is 20.6. The number of piperidine rings is 1. The maximum Gasteiger partial charge on any atom is 0.409 e. The molecule has 3 aromatic rings. The van der Waals surface area contributed by atoms with E-state index < -0.39 is 29.5 Å². The SMILES string of the molecule is CCOC(=O)N1CCC(=C2c3ccc(Cl)cc3CCc3cccnc32)CC1.CCOc1ccc(NC(C)=O)cc1.C[C@H]1C[C@@H]2[C@H]([C@@H](O)C[C@@]3(C)[C@H]2CC[C@]3(O)C(=O)CO)[C@@]2(C)C=CC(=O)C=C12. The number of halogens is 1. The molecule has 13 heteroatoms. The third-order valence-corrected chi connectivity index (χ3v) is 15.7. The molecule has 1 aliphatic heterocycles. The number of allylic oxidation sites excluding steroid dienone is 4. The molecule has 1 saturated heterocycles. The number of fused-ring (bicyclic) bond motifs is 7. The van der Waals surface area contributed by atoms with Gasteiger partial charge >= 0.3 is 6.09 Å². The average molecular weight is 937 g/mol. The minimum atomic E-state index is -1.57. The van der Waals surface area contributed by atoms with Crippen LogP contribution in [0.25, 0.3) is 5.57 Å². The fourth-order valence-electron chi connectivity index (χ4n) is 12.4. The number of benzene rings is 2. The fourth-order valence-corrected chi connectivity index (χ4v) is 12.6. The standard InChI is InChI=1S/C22H23ClN2O2.C22H30O5.C10H13NO2/c1-2-27-22(26)25-12-9-15(10-13-25)20-19-8-7-18(23)14-17(19)6-5-16-4-3-11-24-21(16)20;1-12-8-14-15-5-7-22(27,18(26)11-23)21(15,3)10-17(25)19(14)20(2)6-4-13(24)9-16(12)20;1-3-13-10-6-4-9(5-7-10)11-8(2)12/h3-4,7-8,11,14H,2,5-6,9-10,12-13H2,1H3;4,6,9,12,14-15,17,19,23,25,27H,5,7-8,10-11H2,1-3H3;4-7H,3H2,1-2H3,(H,11,12)/t;12-,14-,15-,17-,19+,20-,21-,22-;/m.0./s1. The lowest BCUT2D eigenvalue weighted by molar-refractivity contribution is -0.180. The summed E-state index contributed by atoms with van der Waals surface area (Å²) in [5.41, 5.74) is 6.66. The van der Waals surface area contributed by atoms with Crippen LogP contribution in [0.1, 0.15) is 102 Å². The van der Waals surface area contributed by atoms with Gasteiger partial charge in [-0.25, -0.2) is 4.79 Å². The number of aromatic nitrogens is 1. The smallest absolute Gasteiger partial charge is 0.409 e. The van der Waals surface area contributed by atoms with Crippen molar-refractivity contribution in [2.24, 2.45) is 34.5 Å². The lowest BCUT2D eigenvalue weighted by Gasteiger charge is -2.60. The number of amides is 2. The number of pyridine rings is 1. The minimum Gasteiger partial charge on any atom is -0.494 e. The van der Waals surface area contributed by atoms with Crippen LogP contribution in [0, 0.1) is 34.5 Å². The zero-order valence-corrected chi connectivity index (χ0v) is 40.4. The Hall–Kier alpha value is -5.14. The molecule has 358 valence electrons. The Balaban J connectivity index is 0.000000159. The summed E-state index contributed by atoms with van der Waals surface area (Å²) in [6, 6.07) is 17.6. The number of hydrogen-bond acceptors (Lipinski definition) is 10. The molecule has 2 amide bonds. The van der Waals surface area contributed by atoms with Crippen molar-refractivity contribution in [2.45, 2.75) is 105 Å². The molecule has 12 nitrogen and oxygen atoms in total. The number of likely N-dealkylation sites (tertiary alicyclic amines) is 1. The molecular weight excluding hydrogens is 870 g/mol. The highest BCUT2D eigenvalue weighted by atomic mass is 35.5. The van der Waals surface area contributed by atoms with E-state index in [2.05, 4.69) is 37.4 Å². The number of rotatable bonds is 6. The van der Waals surface area contributed by atoms with Crippen molar-refractivity contribution in [2.75, 3.05) is 38.2 Å². The average Bonchev–Trinajstić information content (AvgIpc) is 3.47. The number of hydrogen-bond donors (Lipinski definition) is 4. The number of ketones is 2. The molecule has 0 unspecified atom stereocenters. The molecule has 0 radical (unpaired) electrons. The molecule has 9 rings (SSSR count). The highest BCUT2D eigenvalue weighted by Crippen LogP contribution is 2.67. The van der Waals surface area contributed by atoms with Crippen molar-refractivity contribution in [3.05, 3.63) is 118 Å². The van der Waals surface area contributed by atoms with Gasteiger partial charge in [-0.05, 0) is 154 Å². The lowest BCUT2D eigenvalue weighted by Crippen LogP contribution is -2.62. The van der Waals surface area contributed by atoms with E-state index in [0.717, 1.165) is 66.3 Å². The first-order chi connectivity index (χ1) is 32.0. The number of Topliss-reactive ketones (excluding diaryl/α,β-unsaturated/α-hetero) is 1. The van der Waals surface area contributed by atoms with Crippen LogP contribution in [0.3, 0.4) is 0 Å². The number of aliphatic hydroxyl groups is 3. The lowest BCUT2D eigenvalue weighted by atomic mass is 9.45. The molecule has 67 heavy (non-hydrogen) atoms. The number of aryl methyl sites for hydroxylation is 2. The third kappa shape index (κ3) is 9.91. The first-order valence-electron chi connectivity index (χ1n) is 23.8. The van der Waals surface area contributed by atoms with E-state index in [1.165, 1.54) is 34.8 Å². The van der Waals surface area contributed by atoms with Crippen LogP contribution < -0.4 is 10.1 Å². The van der Waals surface area contributed by atoms with Crippen molar-refractivity contribution in [3.63, 3.8) is 0 Å². The second-order valence-corrected chi connectivity index (χ2v) is 19.8. The first-order valence-corrected chi connectivity index (χ1v) is 24.2. The van der Waals surface area contributed by atoms with E-state index in [0.29, 0.717) is 39.1 Å². The van der Waals surface area contributed by atoms with Crippen LogP contribution in [-0.2, 0) is 32.0 Å². The number of nitrogens with zero attached hydrogens (tertiary/aromatic N) is 2. The molecule has 4 N–H and O–H groups in total. The number of ether oxygens (including phenoxy) is 2. The quantitative estimate of drug-likeness (QED) is 0.187. The first kappa shape index (κ1) is 49.8. The van der Waals surface area contributed by atoms with Gasteiger partial charge in [-0.1, -0.05) is 61.7 Å². The topological polar surface area (TPSA) is 176 Å². The van der Waals surface area contributed by atoms with Crippen molar-refractivity contribution in [1.82, 2.24) is 9.88 Å². The largest absolute Gasteiger partial charge is 0.494 e. The highest BCUT2D eigenvalue weighted by Gasteiger charge is 2.68. The Kier molecular flexibility index (Phi) is 15.3. The molecule has 5 aliphatic carbocycles. The molecule has 2 aromatic carbocycles. The summed E-state index contributed by atoms with van der Waals surface area (Å²) in [6.07, 6.45) is 12.1. The van der Waals surface area contributed by atoms with Gasteiger partial charge in [0.1, 0.15) is 18.0 Å². The van der Waals surface area contributed by atoms with E-state index in [-0.39, 0.29) is 46.9 Å². The molecule has 2 heterocycles. The summed E-state index contributed by atoms with van der Waals surface area (Å²) < 4.78 is 10.4. The normalized spacial score (nSPS) is 29.1. The molecule has 0 bridgehead atoms. The zero-order chi connectivity index (χ0) is 48.3. The molecule has 3 saturated carbocycles. The second-order valence-electron chi connectivity index (χ2n) is 19.3. The van der Waals surface area contributed by atoms with Crippen LogP contribution in [-0.4, -0.2) is 93.4 Å². The van der Waals surface area contributed by atoms with Gasteiger partial charge in [0.05, 0.1) is 25.0 Å². The Labute approximate surface area is 399 Å². The van der Waals surface area contributed by atoms with Gasteiger partial charge in [0.15, 0.2) is 11.6 Å². The molecular formula is C54H66ClN3O9. The van der Waals surface area contributed by atoms with Crippen molar-refractivity contribution < 1.29 is 44.0 Å². The summed E-state index contributed by atoms with van der Waals surface area (Å²) in [6.45, 7) is 13.2. The predicted octanol–water partition coefficient (Wildman–Crippen LogP) is 8.74. The molecule has 4 fully saturated rings. The molecule has 6 aliphatic rings. The summed E-state index contributed by atoms with van der Waals surface area (Å²) in [5.74, 6) is 0.674.